The van der Waals surface area contributed by atoms with Gasteiger partial charge in [-0.05, 0) is 61.7 Å². The second kappa shape index (κ2) is 13.0. The minimum Gasteiger partial charge on any atom is -0.458 e. The lowest BCUT2D eigenvalue weighted by atomic mass is 9.83. The molecule has 0 aliphatic rings. The zero-order valence-corrected chi connectivity index (χ0v) is 23.9. The average molecular weight is 493 g/mol. The van der Waals surface area contributed by atoms with Gasteiger partial charge in [-0.15, -0.1) is 0 Å². The molecule has 0 spiro atoms. The quantitative estimate of drug-likeness (QED) is 0.178. The monoisotopic (exact) mass is 492 g/mol. The molecule has 1 aromatic carbocycles. The lowest BCUT2D eigenvalue weighted by Gasteiger charge is -2.42. The fourth-order valence-corrected chi connectivity index (χ4v) is 5.21. The smallest absolute Gasteiger partial charge is 0.346 e. The van der Waals surface area contributed by atoms with E-state index in [4.69, 9.17) is 9.16 Å². The first-order valence-corrected chi connectivity index (χ1v) is 15.7. The van der Waals surface area contributed by atoms with E-state index < -0.39 is 25.7 Å². The summed E-state index contributed by atoms with van der Waals surface area (Å²) in [5.41, 5.74) is -1.35. The number of ether oxygens (including phenoxy) is 1. The summed E-state index contributed by atoms with van der Waals surface area (Å²) in [5.74, 6) is -0.700. The molecule has 4 atom stereocenters. The van der Waals surface area contributed by atoms with Crippen LogP contribution in [0.4, 0.5) is 0 Å². The molecule has 0 bridgehead atoms. The number of aliphatic hydroxyl groups is 1. The molecule has 34 heavy (non-hydrogen) atoms. The topological polar surface area (TPSA) is 72.8 Å². The van der Waals surface area contributed by atoms with Crippen molar-refractivity contribution in [2.75, 3.05) is 0 Å². The normalized spacial score (nSPS) is 16.9. The maximum atomic E-state index is 12.9. The molecule has 1 aromatic rings. The fraction of sp³-hybridized carbons (Fsp3) is 0.714. The number of Topliss-reactive ketones (excluding diaryl/α,β-unsaturated/α-hetero) is 1. The van der Waals surface area contributed by atoms with Crippen LogP contribution in [0.1, 0.15) is 86.1 Å². The highest BCUT2D eigenvalue weighted by atomic mass is 28.4. The standard InChI is InChI=1S/C28H48O5Si/c1-10-21(3)19-23(24(11-2)33-34(8,9)27(4,5)6)17-18-25(29)28(7,31)26(30)32-20-22-15-13-12-14-16-22/h12-16,21,23-24,31H,10-11,17-20H2,1-9H3/t21-,23+,24+,28-/m0/s1. The van der Waals surface area contributed by atoms with Crippen LogP contribution >= 0.6 is 0 Å². The molecule has 194 valence electrons. The summed E-state index contributed by atoms with van der Waals surface area (Å²) in [7, 11) is -1.98. The molecule has 0 aliphatic carbocycles. The van der Waals surface area contributed by atoms with Gasteiger partial charge in [0.25, 0.3) is 0 Å². The van der Waals surface area contributed by atoms with E-state index in [0.29, 0.717) is 12.3 Å². The third-order valence-corrected chi connectivity index (χ3v) is 12.0. The predicted octanol–water partition coefficient (Wildman–Crippen LogP) is 6.68. The van der Waals surface area contributed by atoms with Gasteiger partial charge in [-0.2, -0.15) is 0 Å². The number of benzene rings is 1. The van der Waals surface area contributed by atoms with Crippen LogP contribution in [-0.2, 0) is 25.4 Å². The third kappa shape index (κ3) is 8.93. The summed E-state index contributed by atoms with van der Waals surface area (Å²) in [5, 5.41) is 10.8. The molecular weight excluding hydrogens is 444 g/mol. The van der Waals surface area contributed by atoms with Crippen molar-refractivity contribution in [1.82, 2.24) is 0 Å². The van der Waals surface area contributed by atoms with E-state index in [-0.39, 0.29) is 30.1 Å². The van der Waals surface area contributed by atoms with Crippen molar-refractivity contribution in [3.63, 3.8) is 0 Å². The molecule has 0 saturated carbocycles. The Morgan fingerprint density at radius 3 is 2.12 bits per heavy atom. The van der Waals surface area contributed by atoms with Crippen molar-refractivity contribution < 1.29 is 23.9 Å². The number of ketones is 1. The molecule has 5 nitrogen and oxygen atoms in total. The summed E-state index contributed by atoms with van der Waals surface area (Å²) >= 11 is 0. The van der Waals surface area contributed by atoms with Crippen molar-refractivity contribution >= 4 is 20.1 Å². The first-order chi connectivity index (χ1) is 15.7. The molecule has 0 unspecified atom stereocenters. The van der Waals surface area contributed by atoms with Crippen LogP contribution < -0.4 is 0 Å². The molecule has 0 saturated heterocycles. The van der Waals surface area contributed by atoms with E-state index in [1.54, 1.807) is 0 Å². The summed E-state index contributed by atoms with van der Waals surface area (Å²) in [4.78, 5) is 25.5. The van der Waals surface area contributed by atoms with E-state index >= 15 is 0 Å². The van der Waals surface area contributed by atoms with E-state index in [9.17, 15) is 14.7 Å². The van der Waals surface area contributed by atoms with Crippen LogP contribution in [0.5, 0.6) is 0 Å². The predicted molar refractivity (Wildman–Crippen MR) is 141 cm³/mol. The van der Waals surface area contributed by atoms with Crippen molar-refractivity contribution in [3.8, 4) is 0 Å². The Bertz CT molecular complexity index is 767. The number of hydrogen-bond donors (Lipinski definition) is 1. The lowest BCUT2D eigenvalue weighted by Crippen LogP contribution is -2.47. The summed E-state index contributed by atoms with van der Waals surface area (Å²) in [6, 6.07) is 9.23. The van der Waals surface area contributed by atoms with E-state index in [0.717, 1.165) is 24.8 Å². The molecule has 0 aromatic heterocycles. The van der Waals surface area contributed by atoms with Gasteiger partial charge in [0.1, 0.15) is 6.61 Å². The van der Waals surface area contributed by atoms with Crippen LogP contribution in [0, 0.1) is 11.8 Å². The Balaban J connectivity index is 2.88. The van der Waals surface area contributed by atoms with Gasteiger partial charge in [0.2, 0.25) is 5.60 Å². The summed E-state index contributed by atoms with van der Waals surface area (Å²) < 4.78 is 12.0. The highest BCUT2D eigenvalue weighted by Gasteiger charge is 2.42. The molecule has 0 heterocycles. The Hall–Kier alpha value is -1.50. The SMILES string of the molecule is CC[C@H](C)C[C@@H](CCC(=O)[C@](C)(O)C(=O)OCc1ccccc1)[C@@H](CC)O[Si](C)(C)C(C)(C)C. The molecule has 6 heteroatoms. The maximum absolute atomic E-state index is 12.9. The van der Waals surface area contributed by atoms with Gasteiger partial charge in [-0.1, -0.05) is 78.3 Å². The van der Waals surface area contributed by atoms with Gasteiger partial charge in [-0.25, -0.2) is 4.79 Å². The molecule has 0 aliphatic heterocycles. The second-order valence-corrected chi connectivity index (χ2v) is 16.2. The molecule has 0 fully saturated rings. The number of hydrogen-bond acceptors (Lipinski definition) is 5. The van der Waals surface area contributed by atoms with Crippen molar-refractivity contribution in [2.45, 2.75) is 117 Å². The zero-order chi connectivity index (χ0) is 26.2. The van der Waals surface area contributed by atoms with Gasteiger partial charge < -0.3 is 14.3 Å². The lowest BCUT2D eigenvalue weighted by molar-refractivity contribution is -0.170. The van der Waals surface area contributed by atoms with Crippen molar-refractivity contribution in [1.29, 1.82) is 0 Å². The Morgan fingerprint density at radius 2 is 1.62 bits per heavy atom. The van der Waals surface area contributed by atoms with Gasteiger partial charge in [0, 0.05) is 12.5 Å². The van der Waals surface area contributed by atoms with Crippen molar-refractivity contribution in [3.05, 3.63) is 35.9 Å². The van der Waals surface area contributed by atoms with Crippen LogP contribution in [0.3, 0.4) is 0 Å². The van der Waals surface area contributed by atoms with E-state index in [1.807, 2.05) is 30.3 Å². The Labute approximate surface area is 208 Å². The number of carbonyl (C=O) groups excluding carboxylic acids is 2. The molecule has 1 rings (SSSR count). The average Bonchev–Trinajstić information content (AvgIpc) is 2.77. The first kappa shape index (κ1) is 30.5. The second-order valence-electron chi connectivity index (χ2n) is 11.4. The Kier molecular flexibility index (Phi) is 11.7. The molecule has 1 N–H and O–H groups in total. The fourth-order valence-electron chi connectivity index (χ4n) is 3.74. The minimum absolute atomic E-state index is 0.0258. The van der Waals surface area contributed by atoms with E-state index in [1.165, 1.54) is 6.92 Å². The zero-order valence-electron chi connectivity index (χ0n) is 22.9. The summed E-state index contributed by atoms with van der Waals surface area (Å²) in [6.45, 7) is 19.0. The van der Waals surface area contributed by atoms with Crippen molar-refractivity contribution in [2.24, 2.45) is 11.8 Å². The number of carbonyl (C=O) groups is 2. The van der Waals surface area contributed by atoms with Crippen LogP contribution in [0.15, 0.2) is 30.3 Å². The van der Waals surface area contributed by atoms with Crippen LogP contribution in [-0.4, -0.2) is 36.9 Å². The van der Waals surface area contributed by atoms with Crippen LogP contribution in [0.25, 0.3) is 0 Å². The van der Waals surface area contributed by atoms with Crippen LogP contribution in [0.2, 0.25) is 18.1 Å². The van der Waals surface area contributed by atoms with Gasteiger partial charge >= 0.3 is 5.97 Å². The highest BCUT2D eigenvalue weighted by Crippen LogP contribution is 2.40. The van der Waals surface area contributed by atoms with Gasteiger partial charge in [0.15, 0.2) is 14.1 Å². The minimum atomic E-state index is -2.16. The number of rotatable bonds is 14. The Morgan fingerprint density at radius 1 is 1.03 bits per heavy atom. The molecular formula is C28H48O5Si. The van der Waals surface area contributed by atoms with Gasteiger partial charge in [-0.3, -0.25) is 4.79 Å². The third-order valence-electron chi connectivity index (χ3n) is 7.48. The van der Waals surface area contributed by atoms with Gasteiger partial charge in [0.05, 0.1) is 0 Å². The maximum Gasteiger partial charge on any atom is 0.346 e. The molecule has 0 radical (unpaired) electrons. The molecule has 0 amide bonds. The van der Waals surface area contributed by atoms with E-state index in [2.05, 4.69) is 54.6 Å². The summed E-state index contributed by atoms with van der Waals surface area (Å²) in [6.07, 6.45) is 3.64. The largest absolute Gasteiger partial charge is 0.458 e. The highest BCUT2D eigenvalue weighted by molar-refractivity contribution is 6.74. The number of esters is 1. The first-order valence-electron chi connectivity index (χ1n) is 12.8.